The molecule has 0 aliphatic heterocycles. The Hall–Kier alpha value is -2.39. The van der Waals surface area contributed by atoms with E-state index in [0.717, 1.165) is 33.2 Å². The zero-order chi connectivity index (χ0) is 18.1. The summed E-state index contributed by atoms with van der Waals surface area (Å²) in [6.45, 7) is 6.08. The van der Waals surface area contributed by atoms with E-state index in [1.165, 1.54) is 18.2 Å². The second-order valence-corrected chi connectivity index (χ2v) is 6.68. The van der Waals surface area contributed by atoms with E-state index in [1.54, 1.807) is 18.2 Å². The lowest BCUT2D eigenvalue weighted by atomic mass is 9.94. The summed E-state index contributed by atoms with van der Waals surface area (Å²) in [7, 11) is 0. The molecule has 3 rings (SSSR count). The molecule has 0 unspecified atom stereocenters. The van der Waals surface area contributed by atoms with Crippen molar-refractivity contribution in [2.24, 2.45) is 0 Å². The average Bonchev–Trinajstić information content (AvgIpc) is 2.96. The molecular formula is C21H18ClFO2. The lowest BCUT2D eigenvalue weighted by molar-refractivity contribution is -0.104. The van der Waals surface area contributed by atoms with Crippen molar-refractivity contribution < 1.29 is 13.6 Å². The van der Waals surface area contributed by atoms with Gasteiger partial charge in [0.25, 0.3) is 0 Å². The van der Waals surface area contributed by atoms with Crippen LogP contribution in [-0.4, -0.2) is 6.29 Å². The van der Waals surface area contributed by atoms with Crippen LogP contribution < -0.4 is 0 Å². The second-order valence-electron chi connectivity index (χ2n) is 6.27. The van der Waals surface area contributed by atoms with Crippen LogP contribution in [0.2, 0.25) is 5.02 Å². The number of benzene rings is 2. The molecule has 0 spiro atoms. The summed E-state index contributed by atoms with van der Waals surface area (Å²) in [6.07, 6.45) is 3.71. The largest absolute Gasteiger partial charge is 0.456 e. The molecule has 3 aromatic rings. The molecule has 0 aliphatic carbocycles. The Labute approximate surface area is 150 Å². The van der Waals surface area contributed by atoms with Crippen LogP contribution in [0.1, 0.15) is 36.7 Å². The van der Waals surface area contributed by atoms with E-state index in [0.29, 0.717) is 17.1 Å². The summed E-state index contributed by atoms with van der Waals surface area (Å²) >= 11 is 6.46. The number of fused-ring (bicyclic) bond motifs is 1. The summed E-state index contributed by atoms with van der Waals surface area (Å²) in [4.78, 5) is 10.8. The molecule has 0 amide bonds. The molecule has 4 heteroatoms. The minimum Gasteiger partial charge on any atom is -0.456 e. The standard InChI is InChI=1S/C21H18ClFO2/c1-12(2)16-11-17(22)13(3)19-20(14-6-8-15(23)9-7-14)18(5-4-10-24)25-21(16)19/h4-12H,1-3H3/b5-4+. The molecule has 0 saturated carbocycles. The third-order valence-electron chi connectivity index (χ3n) is 4.29. The topological polar surface area (TPSA) is 30.2 Å². The third-order valence-corrected chi connectivity index (χ3v) is 4.69. The highest BCUT2D eigenvalue weighted by atomic mass is 35.5. The molecule has 0 N–H and O–H groups in total. The Morgan fingerprint density at radius 3 is 2.48 bits per heavy atom. The smallest absolute Gasteiger partial charge is 0.142 e. The van der Waals surface area contributed by atoms with Crippen molar-refractivity contribution in [3.05, 3.63) is 64.1 Å². The average molecular weight is 357 g/mol. The number of aryl methyl sites for hydroxylation is 1. The predicted molar refractivity (Wildman–Crippen MR) is 101 cm³/mol. The number of carbonyl (C=O) groups is 1. The number of carbonyl (C=O) groups excluding carboxylic acids is 1. The molecule has 0 atom stereocenters. The first-order chi connectivity index (χ1) is 11.9. The highest BCUT2D eigenvalue weighted by Gasteiger charge is 2.21. The van der Waals surface area contributed by atoms with Gasteiger partial charge < -0.3 is 4.42 Å². The van der Waals surface area contributed by atoms with Crippen LogP contribution in [0, 0.1) is 12.7 Å². The van der Waals surface area contributed by atoms with Gasteiger partial charge in [-0.2, -0.15) is 0 Å². The van der Waals surface area contributed by atoms with E-state index in [4.69, 9.17) is 16.0 Å². The molecule has 25 heavy (non-hydrogen) atoms. The molecule has 128 valence electrons. The highest BCUT2D eigenvalue weighted by Crippen LogP contribution is 2.43. The van der Waals surface area contributed by atoms with Gasteiger partial charge in [-0.3, -0.25) is 4.79 Å². The van der Waals surface area contributed by atoms with Crippen LogP contribution in [0.4, 0.5) is 4.39 Å². The van der Waals surface area contributed by atoms with Gasteiger partial charge in [0.1, 0.15) is 23.4 Å². The summed E-state index contributed by atoms with van der Waals surface area (Å²) in [6, 6.07) is 8.14. The summed E-state index contributed by atoms with van der Waals surface area (Å²) in [5, 5.41) is 1.56. The number of halogens is 2. The zero-order valence-electron chi connectivity index (χ0n) is 14.3. The third kappa shape index (κ3) is 3.12. The molecule has 0 fully saturated rings. The fourth-order valence-corrected chi connectivity index (χ4v) is 3.23. The van der Waals surface area contributed by atoms with Crippen LogP contribution in [0.25, 0.3) is 28.2 Å². The van der Waals surface area contributed by atoms with Crippen molar-refractivity contribution in [3.63, 3.8) is 0 Å². The van der Waals surface area contributed by atoms with Crippen LogP contribution in [0.5, 0.6) is 0 Å². The van der Waals surface area contributed by atoms with Gasteiger partial charge in [-0.15, -0.1) is 0 Å². The maximum Gasteiger partial charge on any atom is 0.142 e. The van der Waals surface area contributed by atoms with E-state index in [9.17, 15) is 9.18 Å². The molecule has 0 bridgehead atoms. The number of aldehydes is 1. The van der Waals surface area contributed by atoms with E-state index < -0.39 is 0 Å². The van der Waals surface area contributed by atoms with E-state index in [2.05, 4.69) is 13.8 Å². The molecule has 2 aromatic carbocycles. The van der Waals surface area contributed by atoms with Crippen molar-refractivity contribution in [1.82, 2.24) is 0 Å². The first-order valence-corrected chi connectivity index (χ1v) is 8.45. The minimum absolute atomic E-state index is 0.218. The fraction of sp³-hybridized carbons (Fsp3) is 0.190. The van der Waals surface area contributed by atoms with Gasteiger partial charge in [0.2, 0.25) is 0 Å². The normalized spacial score (nSPS) is 11.8. The van der Waals surface area contributed by atoms with Crippen molar-refractivity contribution in [2.75, 3.05) is 0 Å². The monoisotopic (exact) mass is 356 g/mol. The number of allylic oxidation sites excluding steroid dienone is 1. The maximum absolute atomic E-state index is 13.4. The van der Waals surface area contributed by atoms with Crippen molar-refractivity contribution in [1.29, 1.82) is 0 Å². The molecular weight excluding hydrogens is 339 g/mol. The highest BCUT2D eigenvalue weighted by molar-refractivity contribution is 6.32. The Morgan fingerprint density at radius 1 is 1.20 bits per heavy atom. The van der Waals surface area contributed by atoms with Crippen molar-refractivity contribution >= 4 is 34.9 Å². The molecule has 0 aliphatic rings. The fourth-order valence-electron chi connectivity index (χ4n) is 3.02. The number of furan rings is 1. The molecule has 0 saturated heterocycles. The Bertz CT molecular complexity index is 966. The SMILES string of the molecule is Cc1c(Cl)cc(C(C)C)c2oc(/C=C/C=O)c(-c3ccc(F)cc3)c12. The zero-order valence-corrected chi connectivity index (χ0v) is 15.0. The summed E-state index contributed by atoms with van der Waals surface area (Å²) < 4.78 is 19.5. The Morgan fingerprint density at radius 2 is 1.88 bits per heavy atom. The van der Waals surface area contributed by atoms with Crippen LogP contribution in [0.15, 0.2) is 40.8 Å². The van der Waals surface area contributed by atoms with Crippen LogP contribution >= 0.6 is 11.6 Å². The predicted octanol–water partition coefficient (Wildman–Crippen LogP) is 6.54. The lowest BCUT2D eigenvalue weighted by Crippen LogP contribution is -1.91. The number of hydrogen-bond donors (Lipinski definition) is 0. The van der Waals surface area contributed by atoms with E-state index in [1.807, 2.05) is 13.0 Å². The van der Waals surface area contributed by atoms with E-state index >= 15 is 0 Å². The first-order valence-electron chi connectivity index (χ1n) is 8.07. The van der Waals surface area contributed by atoms with E-state index in [-0.39, 0.29) is 11.7 Å². The van der Waals surface area contributed by atoms with Gasteiger partial charge in [-0.25, -0.2) is 4.39 Å². The lowest BCUT2D eigenvalue weighted by Gasteiger charge is -2.10. The Balaban J connectivity index is 2.44. The number of rotatable bonds is 4. The van der Waals surface area contributed by atoms with Crippen molar-refractivity contribution in [2.45, 2.75) is 26.7 Å². The van der Waals surface area contributed by atoms with Gasteiger partial charge in [-0.1, -0.05) is 37.6 Å². The quantitative estimate of drug-likeness (QED) is 0.392. The van der Waals surface area contributed by atoms with Gasteiger partial charge in [0.05, 0.1) is 0 Å². The molecule has 0 radical (unpaired) electrons. The summed E-state index contributed by atoms with van der Waals surface area (Å²) in [5.41, 5.74) is 4.28. The molecule has 1 aromatic heterocycles. The van der Waals surface area contributed by atoms with Crippen LogP contribution in [-0.2, 0) is 4.79 Å². The first kappa shape index (κ1) is 17.4. The van der Waals surface area contributed by atoms with Gasteiger partial charge >= 0.3 is 0 Å². The molecule has 1 heterocycles. The molecule has 2 nitrogen and oxygen atoms in total. The van der Waals surface area contributed by atoms with Gasteiger partial charge in [0, 0.05) is 16.0 Å². The summed E-state index contributed by atoms with van der Waals surface area (Å²) in [5.74, 6) is 0.468. The maximum atomic E-state index is 13.4. The second kappa shape index (κ2) is 6.85. The number of hydrogen-bond acceptors (Lipinski definition) is 2. The van der Waals surface area contributed by atoms with Crippen LogP contribution in [0.3, 0.4) is 0 Å². The minimum atomic E-state index is -0.306. The van der Waals surface area contributed by atoms with Crippen molar-refractivity contribution in [3.8, 4) is 11.1 Å². The Kier molecular flexibility index (Phi) is 4.78. The van der Waals surface area contributed by atoms with Gasteiger partial charge in [-0.05, 0) is 59.9 Å². The van der Waals surface area contributed by atoms with Gasteiger partial charge in [0.15, 0.2) is 0 Å².